The van der Waals surface area contributed by atoms with E-state index < -0.39 is 0 Å². The molecule has 0 radical (unpaired) electrons. The number of ether oxygens (including phenoxy) is 2. The number of nitrogens with one attached hydrogen (secondary N) is 3. The van der Waals surface area contributed by atoms with Crippen LogP contribution in [0.15, 0.2) is 48.5 Å². The second-order valence-corrected chi connectivity index (χ2v) is 7.27. The van der Waals surface area contributed by atoms with Gasteiger partial charge in [0, 0.05) is 30.1 Å². The van der Waals surface area contributed by atoms with Crippen molar-refractivity contribution in [2.45, 2.75) is 39.0 Å². The first-order valence-corrected chi connectivity index (χ1v) is 10.4. The third-order valence-electron chi connectivity index (χ3n) is 5.46. The molecule has 2 aromatic carbocycles. The highest BCUT2D eigenvalue weighted by molar-refractivity contribution is 5.97. The first-order valence-electron chi connectivity index (χ1n) is 10.4. The van der Waals surface area contributed by atoms with E-state index in [4.69, 9.17) is 9.47 Å². The van der Waals surface area contributed by atoms with Crippen LogP contribution in [-0.4, -0.2) is 30.4 Å². The number of amides is 1. The van der Waals surface area contributed by atoms with Gasteiger partial charge in [-0.15, -0.1) is 0 Å². The van der Waals surface area contributed by atoms with Crippen LogP contribution in [0.4, 0.5) is 0 Å². The van der Waals surface area contributed by atoms with Crippen LogP contribution in [0.5, 0.6) is 11.5 Å². The maximum atomic E-state index is 12.8. The van der Waals surface area contributed by atoms with Crippen molar-refractivity contribution in [1.82, 2.24) is 20.7 Å². The van der Waals surface area contributed by atoms with Crippen molar-refractivity contribution >= 4 is 16.8 Å². The molecule has 0 bridgehead atoms. The summed E-state index contributed by atoms with van der Waals surface area (Å²) in [6, 6.07) is 15.7. The van der Waals surface area contributed by atoms with E-state index in [-0.39, 0.29) is 18.1 Å². The Bertz CT molecular complexity index is 1050. The molecule has 2 atom stereocenters. The summed E-state index contributed by atoms with van der Waals surface area (Å²) >= 11 is 0. The highest BCUT2D eigenvalue weighted by atomic mass is 16.5. The van der Waals surface area contributed by atoms with E-state index in [1.54, 1.807) is 13.2 Å². The molecule has 0 spiro atoms. The maximum Gasteiger partial charge on any atom is 0.256 e. The molecule has 3 N–H and O–H groups in total. The second kappa shape index (κ2) is 8.77. The fourth-order valence-electron chi connectivity index (χ4n) is 4.04. The quantitative estimate of drug-likeness (QED) is 0.559. The molecule has 2 unspecified atom stereocenters. The van der Waals surface area contributed by atoms with Crippen molar-refractivity contribution in [2.75, 3.05) is 13.7 Å². The molecule has 7 nitrogen and oxygen atoms in total. The molecule has 1 saturated heterocycles. The summed E-state index contributed by atoms with van der Waals surface area (Å²) in [6.45, 7) is 5.41. The summed E-state index contributed by atoms with van der Waals surface area (Å²) in [5.41, 5.74) is 9.42. The van der Waals surface area contributed by atoms with Crippen molar-refractivity contribution in [1.29, 1.82) is 0 Å². The number of para-hydroxylation sites is 1. The van der Waals surface area contributed by atoms with Gasteiger partial charge >= 0.3 is 0 Å². The van der Waals surface area contributed by atoms with Gasteiger partial charge in [0.25, 0.3) is 5.91 Å². The number of rotatable bonds is 7. The number of hydrogen-bond donors (Lipinski definition) is 3. The Morgan fingerprint density at radius 1 is 1.17 bits per heavy atom. The Hall–Kier alpha value is -3.03. The monoisotopic (exact) mass is 408 g/mol. The lowest BCUT2D eigenvalue weighted by Gasteiger charge is -2.15. The fourth-order valence-corrected chi connectivity index (χ4v) is 4.04. The van der Waals surface area contributed by atoms with Gasteiger partial charge in [-0.3, -0.25) is 4.79 Å². The zero-order valence-electron chi connectivity index (χ0n) is 17.6. The average Bonchev–Trinajstić information content (AvgIpc) is 3.37. The molecule has 1 amide bonds. The highest BCUT2D eigenvalue weighted by Crippen LogP contribution is 2.31. The summed E-state index contributed by atoms with van der Waals surface area (Å²) in [4.78, 5) is 12.8. The number of hydrogen-bond acceptors (Lipinski definition) is 5. The van der Waals surface area contributed by atoms with Crippen LogP contribution < -0.4 is 25.6 Å². The molecule has 158 valence electrons. The third kappa shape index (κ3) is 3.86. The van der Waals surface area contributed by atoms with Gasteiger partial charge in [0.1, 0.15) is 11.5 Å². The van der Waals surface area contributed by atoms with E-state index in [2.05, 4.69) is 45.9 Å². The average molecular weight is 409 g/mol. The highest BCUT2D eigenvalue weighted by Gasteiger charge is 2.29. The van der Waals surface area contributed by atoms with E-state index >= 15 is 0 Å². The number of fused-ring (bicyclic) bond motifs is 1. The van der Waals surface area contributed by atoms with Crippen LogP contribution in [0.2, 0.25) is 0 Å². The predicted molar refractivity (Wildman–Crippen MR) is 117 cm³/mol. The van der Waals surface area contributed by atoms with Crippen LogP contribution in [-0.2, 0) is 6.54 Å². The summed E-state index contributed by atoms with van der Waals surface area (Å²) in [6.07, 6.45) is 0.547. The SMILES string of the molecule is CCOc1ccccc1C(=O)NC1CC(c2cc3ccc(OC)cc3n2CC)NN1. The zero-order valence-corrected chi connectivity index (χ0v) is 17.6. The van der Waals surface area contributed by atoms with Gasteiger partial charge in [0.15, 0.2) is 0 Å². The van der Waals surface area contributed by atoms with Crippen molar-refractivity contribution < 1.29 is 14.3 Å². The maximum absolute atomic E-state index is 12.8. The molecule has 1 aliphatic rings. The molecule has 2 heterocycles. The lowest BCUT2D eigenvalue weighted by molar-refractivity contribution is 0.0928. The molecular weight excluding hydrogens is 380 g/mol. The lowest BCUT2D eigenvalue weighted by atomic mass is 10.1. The molecule has 1 fully saturated rings. The Morgan fingerprint density at radius 3 is 2.77 bits per heavy atom. The summed E-state index contributed by atoms with van der Waals surface area (Å²) in [5.74, 6) is 1.29. The first kappa shape index (κ1) is 20.3. The normalized spacial score (nSPS) is 18.5. The van der Waals surface area contributed by atoms with E-state index in [1.807, 2.05) is 31.2 Å². The number of aromatic nitrogens is 1. The Morgan fingerprint density at radius 2 is 2.00 bits per heavy atom. The zero-order chi connectivity index (χ0) is 21.1. The van der Waals surface area contributed by atoms with Crippen molar-refractivity contribution in [3.63, 3.8) is 0 Å². The molecule has 30 heavy (non-hydrogen) atoms. The minimum atomic E-state index is -0.185. The number of carbonyl (C=O) groups excluding carboxylic acids is 1. The van der Waals surface area contributed by atoms with Gasteiger partial charge in [0.2, 0.25) is 0 Å². The van der Waals surface area contributed by atoms with E-state index in [9.17, 15) is 4.79 Å². The van der Waals surface area contributed by atoms with Crippen LogP contribution in [0.3, 0.4) is 0 Å². The molecule has 0 saturated carbocycles. The second-order valence-electron chi connectivity index (χ2n) is 7.27. The summed E-state index contributed by atoms with van der Waals surface area (Å²) in [7, 11) is 1.68. The first-order chi connectivity index (χ1) is 14.6. The molecule has 4 rings (SSSR count). The summed E-state index contributed by atoms with van der Waals surface area (Å²) in [5, 5.41) is 4.24. The molecule has 1 aliphatic heterocycles. The fraction of sp³-hybridized carbons (Fsp3) is 0.348. The number of aryl methyl sites for hydroxylation is 1. The third-order valence-corrected chi connectivity index (χ3v) is 5.46. The Labute approximate surface area is 176 Å². The van der Waals surface area contributed by atoms with Crippen LogP contribution in [0, 0.1) is 0 Å². The van der Waals surface area contributed by atoms with Crippen molar-refractivity contribution in [3.05, 3.63) is 59.8 Å². The van der Waals surface area contributed by atoms with Gasteiger partial charge in [-0.25, -0.2) is 10.9 Å². The van der Waals surface area contributed by atoms with Crippen molar-refractivity contribution in [3.8, 4) is 11.5 Å². The number of methoxy groups -OCH3 is 1. The van der Waals surface area contributed by atoms with Gasteiger partial charge in [-0.05, 0) is 44.2 Å². The van der Waals surface area contributed by atoms with Crippen LogP contribution in [0.25, 0.3) is 10.9 Å². The predicted octanol–water partition coefficient (Wildman–Crippen LogP) is 3.36. The van der Waals surface area contributed by atoms with Crippen LogP contribution >= 0.6 is 0 Å². The number of carbonyl (C=O) groups is 1. The topological polar surface area (TPSA) is 76.5 Å². The molecular formula is C23H28N4O3. The minimum absolute atomic E-state index is 0.0794. The minimum Gasteiger partial charge on any atom is -0.497 e. The molecule has 7 heteroatoms. The van der Waals surface area contributed by atoms with Gasteiger partial charge in [-0.2, -0.15) is 0 Å². The molecule has 1 aromatic heterocycles. The van der Waals surface area contributed by atoms with Crippen molar-refractivity contribution in [2.24, 2.45) is 0 Å². The van der Waals surface area contributed by atoms with Gasteiger partial charge in [0.05, 0.1) is 37.0 Å². The van der Waals surface area contributed by atoms with E-state index in [1.165, 1.54) is 11.1 Å². The van der Waals surface area contributed by atoms with E-state index in [0.717, 1.165) is 24.2 Å². The standard InChI is InChI=1S/C23H28N4O3/c1-4-27-19-13-16(29-3)11-10-15(19)12-20(27)18-14-22(26-25-18)24-23(28)17-8-6-7-9-21(17)30-5-2/h6-13,18,22,25-26H,4-5,14H2,1-3H3,(H,24,28). The van der Waals surface area contributed by atoms with Crippen LogP contribution in [0.1, 0.15) is 42.4 Å². The summed E-state index contributed by atoms with van der Waals surface area (Å²) < 4.78 is 13.3. The smallest absolute Gasteiger partial charge is 0.256 e. The van der Waals surface area contributed by atoms with Gasteiger partial charge < -0.3 is 19.4 Å². The molecule has 3 aromatic rings. The Balaban J connectivity index is 1.50. The number of nitrogens with zero attached hydrogens (tertiary/aromatic N) is 1. The Kier molecular flexibility index (Phi) is 5.92. The number of hydrazine groups is 1. The van der Waals surface area contributed by atoms with Gasteiger partial charge in [-0.1, -0.05) is 12.1 Å². The van der Waals surface area contributed by atoms with E-state index in [0.29, 0.717) is 17.9 Å². The number of benzene rings is 2. The largest absolute Gasteiger partial charge is 0.497 e. The lowest BCUT2D eigenvalue weighted by Crippen LogP contribution is -2.44. The molecule has 0 aliphatic carbocycles.